The van der Waals surface area contributed by atoms with Crippen LogP contribution >= 0.6 is 0 Å². The average Bonchev–Trinajstić information content (AvgIpc) is 2.26. The van der Waals surface area contributed by atoms with Gasteiger partial charge < -0.3 is 5.11 Å². The summed E-state index contributed by atoms with van der Waals surface area (Å²) in [5.41, 5.74) is 0.808. The maximum atomic E-state index is 12.1. The van der Waals surface area contributed by atoms with E-state index in [-0.39, 0.29) is 4.90 Å². The van der Waals surface area contributed by atoms with Gasteiger partial charge in [0.05, 0.1) is 4.90 Å². The molecule has 0 fully saturated rings. The minimum Gasteiger partial charge on any atom is -0.480 e. The molecule has 5 nitrogen and oxygen atoms in total. The summed E-state index contributed by atoms with van der Waals surface area (Å²) < 4.78 is 25.0. The minimum atomic E-state index is -3.75. The van der Waals surface area contributed by atoms with Gasteiger partial charge in [-0.05, 0) is 31.5 Å². The first-order valence-electron chi connectivity index (χ1n) is 5.04. The second kappa shape index (κ2) is 4.85. The lowest BCUT2D eigenvalue weighted by atomic mass is 10.2. The lowest BCUT2D eigenvalue weighted by Crippen LogP contribution is -2.40. The number of rotatable bonds is 4. The van der Waals surface area contributed by atoms with Crippen molar-refractivity contribution in [3.05, 3.63) is 29.8 Å². The Balaban J connectivity index is 3.16. The summed E-state index contributed by atoms with van der Waals surface area (Å²) in [5.74, 6) is -1.18. The van der Waals surface area contributed by atoms with Gasteiger partial charge in [-0.3, -0.25) is 4.79 Å². The molecular weight excluding hydrogens is 242 g/mol. The molecule has 0 aliphatic carbocycles. The van der Waals surface area contributed by atoms with Crippen LogP contribution in [0.25, 0.3) is 0 Å². The number of carboxylic acid groups (broad SMARTS) is 1. The molecule has 0 aliphatic heterocycles. The maximum absolute atomic E-state index is 12.1. The first kappa shape index (κ1) is 13.7. The molecule has 0 heterocycles. The van der Waals surface area contributed by atoms with Crippen LogP contribution in [-0.4, -0.2) is 36.9 Å². The number of aryl methyl sites for hydroxylation is 1. The molecule has 1 aromatic rings. The third kappa shape index (κ3) is 2.83. The van der Waals surface area contributed by atoms with Gasteiger partial charge >= 0.3 is 5.97 Å². The molecule has 1 unspecified atom stereocenters. The predicted octanol–water partition coefficient (Wildman–Crippen LogP) is 1.09. The number of carbonyl (C=O) groups is 1. The summed E-state index contributed by atoms with van der Waals surface area (Å²) >= 11 is 0. The van der Waals surface area contributed by atoms with E-state index < -0.39 is 22.0 Å². The van der Waals surface area contributed by atoms with Crippen molar-refractivity contribution < 1.29 is 18.3 Å². The highest BCUT2D eigenvalue weighted by Gasteiger charge is 2.29. The summed E-state index contributed by atoms with van der Waals surface area (Å²) in [6, 6.07) is 5.27. The van der Waals surface area contributed by atoms with Gasteiger partial charge in [-0.15, -0.1) is 0 Å². The van der Waals surface area contributed by atoms with E-state index in [0.29, 0.717) is 0 Å². The van der Waals surface area contributed by atoms with Crippen LogP contribution in [0.2, 0.25) is 0 Å². The van der Waals surface area contributed by atoms with Crippen molar-refractivity contribution in [2.75, 3.05) is 7.05 Å². The van der Waals surface area contributed by atoms with Crippen LogP contribution in [0.15, 0.2) is 29.2 Å². The molecule has 0 aromatic heterocycles. The molecule has 0 radical (unpaired) electrons. The zero-order valence-corrected chi connectivity index (χ0v) is 10.7. The lowest BCUT2D eigenvalue weighted by molar-refractivity contribution is -0.140. The van der Waals surface area contributed by atoms with Crippen molar-refractivity contribution in [2.24, 2.45) is 0 Å². The van der Waals surface area contributed by atoms with Crippen LogP contribution in [0.4, 0.5) is 0 Å². The maximum Gasteiger partial charge on any atom is 0.321 e. The number of aliphatic carboxylic acids is 1. The second-order valence-electron chi connectivity index (χ2n) is 3.85. The standard InChI is InChI=1S/C11H15NO4S/c1-8-5-4-6-10(7-8)17(15,16)12(3)9(2)11(13)14/h4-7,9H,1-3H3,(H,13,14). The Bertz CT molecular complexity index is 524. The summed E-state index contributed by atoms with van der Waals surface area (Å²) in [6.45, 7) is 3.11. The first-order valence-corrected chi connectivity index (χ1v) is 6.48. The number of sulfonamides is 1. The molecule has 1 rings (SSSR count). The quantitative estimate of drug-likeness (QED) is 0.876. The molecule has 0 saturated carbocycles. The van der Waals surface area contributed by atoms with Crippen molar-refractivity contribution in [2.45, 2.75) is 24.8 Å². The number of hydrogen-bond acceptors (Lipinski definition) is 3. The van der Waals surface area contributed by atoms with Gasteiger partial charge in [-0.2, -0.15) is 4.31 Å². The first-order chi connectivity index (χ1) is 7.76. The zero-order valence-electron chi connectivity index (χ0n) is 9.91. The highest BCUT2D eigenvalue weighted by molar-refractivity contribution is 7.89. The van der Waals surface area contributed by atoms with Crippen LogP contribution in [0.3, 0.4) is 0 Å². The fourth-order valence-corrected chi connectivity index (χ4v) is 2.73. The number of benzene rings is 1. The Kier molecular flexibility index (Phi) is 3.90. The van der Waals surface area contributed by atoms with E-state index in [4.69, 9.17) is 5.11 Å². The van der Waals surface area contributed by atoms with E-state index in [0.717, 1.165) is 9.87 Å². The molecule has 0 saturated heterocycles. The molecule has 0 spiro atoms. The Hall–Kier alpha value is -1.40. The largest absolute Gasteiger partial charge is 0.480 e. The SMILES string of the molecule is Cc1cccc(S(=O)(=O)N(C)C(C)C(=O)O)c1. The van der Waals surface area contributed by atoms with E-state index in [1.54, 1.807) is 19.1 Å². The third-order valence-corrected chi connectivity index (χ3v) is 4.49. The van der Waals surface area contributed by atoms with Gasteiger partial charge in [0.1, 0.15) is 6.04 Å². The lowest BCUT2D eigenvalue weighted by Gasteiger charge is -2.21. The zero-order chi connectivity index (χ0) is 13.2. The molecule has 0 bridgehead atoms. The Morgan fingerprint density at radius 2 is 2.00 bits per heavy atom. The van der Waals surface area contributed by atoms with Crippen LogP contribution in [-0.2, 0) is 14.8 Å². The molecular formula is C11H15NO4S. The second-order valence-corrected chi connectivity index (χ2v) is 5.85. The predicted molar refractivity (Wildman–Crippen MR) is 63.2 cm³/mol. The molecule has 0 aliphatic rings. The highest BCUT2D eigenvalue weighted by Crippen LogP contribution is 2.17. The van der Waals surface area contributed by atoms with Crippen molar-refractivity contribution in [3.8, 4) is 0 Å². The van der Waals surface area contributed by atoms with Crippen LogP contribution in [0.1, 0.15) is 12.5 Å². The highest BCUT2D eigenvalue weighted by atomic mass is 32.2. The molecule has 1 N–H and O–H groups in total. The van der Waals surface area contributed by atoms with E-state index in [1.165, 1.54) is 26.1 Å². The average molecular weight is 257 g/mol. The van der Waals surface area contributed by atoms with E-state index in [9.17, 15) is 13.2 Å². The molecule has 1 aromatic carbocycles. The van der Waals surface area contributed by atoms with Crippen molar-refractivity contribution in [1.29, 1.82) is 0 Å². The molecule has 0 amide bonds. The minimum absolute atomic E-state index is 0.105. The third-order valence-electron chi connectivity index (χ3n) is 2.57. The van der Waals surface area contributed by atoms with Gasteiger partial charge in [-0.1, -0.05) is 12.1 Å². The topological polar surface area (TPSA) is 74.7 Å². The van der Waals surface area contributed by atoms with E-state index >= 15 is 0 Å². The summed E-state index contributed by atoms with van der Waals surface area (Å²) in [5, 5.41) is 8.81. The number of hydrogen-bond donors (Lipinski definition) is 1. The van der Waals surface area contributed by atoms with Gasteiger partial charge in [-0.25, -0.2) is 8.42 Å². The van der Waals surface area contributed by atoms with E-state index in [1.807, 2.05) is 0 Å². The number of carboxylic acids is 1. The molecule has 17 heavy (non-hydrogen) atoms. The number of nitrogens with zero attached hydrogens (tertiary/aromatic N) is 1. The smallest absolute Gasteiger partial charge is 0.321 e. The normalized spacial score (nSPS) is 13.6. The van der Waals surface area contributed by atoms with Crippen molar-refractivity contribution >= 4 is 16.0 Å². The number of likely N-dealkylation sites (N-methyl/N-ethyl adjacent to an activating group) is 1. The van der Waals surface area contributed by atoms with Crippen LogP contribution in [0.5, 0.6) is 0 Å². The van der Waals surface area contributed by atoms with Gasteiger partial charge in [0, 0.05) is 7.05 Å². The Morgan fingerprint density at radius 3 is 2.47 bits per heavy atom. The fraction of sp³-hybridized carbons (Fsp3) is 0.364. The van der Waals surface area contributed by atoms with Crippen LogP contribution in [0, 0.1) is 6.92 Å². The van der Waals surface area contributed by atoms with E-state index in [2.05, 4.69) is 0 Å². The molecule has 1 atom stereocenters. The molecule has 94 valence electrons. The summed E-state index contributed by atoms with van der Waals surface area (Å²) in [4.78, 5) is 10.9. The van der Waals surface area contributed by atoms with Crippen molar-refractivity contribution in [3.63, 3.8) is 0 Å². The van der Waals surface area contributed by atoms with Gasteiger partial charge in [0.2, 0.25) is 10.0 Å². The van der Waals surface area contributed by atoms with Crippen LogP contribution < -0.4 is 0 Å². The Labute approximate surface area is 101 Å². The Morgan fingerprint density at radius 1 is 1.41 bits per heavy atom. The van der Waals surface area contributed by atoms with Crippen molar-refractivity contribution in [1.82, 2.24) is 4.31 Å². The fourth-order valence-electron chi connectivity index (χ4n) is 1.31. The van der Waals surface area contributed by atoms with Gasteiger partial charge in [0.25, 0.3) is 0 Å². The monoisotopic (exact) mass is 257 g/mol. The molecule has 6 heteroatoms. The summed E-state index contributed by atoms with van der Waals surface area (Å²) in [6.07, 6.45) is 0. The van der Waals surface area contributed by atoms with Gasteiger partial charge in [0.15, 0.2) is 0 Å². The summed E-state index contributed by atoms with van der Waals surface area (Å²) in [7, 11) is -2.49.